The van der Waals surface area contributed by atoms with E-state index in [4.69, 9.17) is 0 Å². The summed E-state index contributed by atoms with van der Waals surface area (Å²) in [6.45, 7) is 1.83. The topological polar surface area (TPSA) is 57.1 Å². The van der Waals surface area contributed by atoms with Crippen LogP contribution >= 0.6 is 11.8 Å². The number of hydrazone groups is 1. The third-order valence-electron chi connectivity index (χ3n) is 2.65. The van der Waals surface area contributed by atoms with Crippen molar-refractivity contribution in [2.75, 3.05) is 19.0 Å². The molecule has 0 aliphatic carbocycles. The number of hydrogen-bond donors (Lipinski definition) is 1. The second-order valence-corrected chi connectivity index (χ2v) is 5.68. The SMILES string of the molecule is CC1SC(N=Cc2ccc(N(C)C)cc2)=NNC1=O. The van der Waals surface area contributed by atoms with E-state index in [1.54, 1.807) is 6.21 Å². The molecule has 1 aromatic carbocycles. The number of thioether (sulfide) groups is 1. The largest absolute Gasteiger partial charge is 0.378 e. The van der Waals surface area contributed by atoms with Crippen molar-refractivity contribution in [1.29, 1.82) is 0 Å². The molecule has 1 heterocycles. The molecule has 0 aromatic heterocycles. The normalized spacial score (nSPS) is 19.2. The summed E-state index contributed by atoms with van der Waals surface area (Å²) in [5.74, 6) is -0.0840. The summed E-state index contributed by atoms with van der Waals surface area (Å²) in [5.41, 5.74) is 4.59. The Morgan fingerprint density at radius 3 is 2.63 bits per heavy atom. The Balaban J connectivity index is 2.04. The molecular weight excluding hydrogens is 260 g/mol. The van der Waals surface area contributed by atoms with Crippen molar-refractivity contribution in [3.05, 3.63) is 29.8 Å². The van der Waals surface area contributed by atoms with Crippen LogP contribution < -0.4 is 10.3 Å². The van der Waals surface area contributed by atoms with E-state index in [2.05, 4.69) is 15.5 Å². The van der Waals surface area contributed by atoms with E-state index >= 15 is 0 Å². The zero-order valence-corrected chi connectivity index (χ0v) is 11.9. The molecule has 1 aromatic rings. The zero-order valence-electron chi connectivity index (χ0n) is 11.1. The van der Waals surface area contributed by atoms with Gasteiger partial charge in [0.2, 0.25) is 5.17 Å². The fourth-order valence-electron chi connectivity index (χ4n) is 1.48. The van der Waals surface area contributed by atoms with Gasteiger partial charge in [0.05, 0.1) is 5.25 Å². The lowest BCUT2D eigenvalue weighted by atomic mass is 10.2. The van der Waals surface area contributed by atoms with Gasteiger partial charge in [0.25, 0.3) is 5.91 Å². The van der Waals surface area contributed by atoms with Crippen molar-refractivity contribution in [2.24, 2.45) is 10.1 Å². The van der Waals surface area contributed by atoms with E-state index in [-0.39, 0.29) is 11.2 Å². The Hall–Kier alpha value is -1.82. The van der Waals surface area contributed by atoms with Crippen molar-refractivity contribution in [3.8, 4) is 0 Å². The standard InChI is InChI=1S/C13H16N4OS/c1-9-12(18)15-16-13(19-9)14-8-10-4-6-11(7-5-10)17(2)3/h4-9H,1-3H3,(H,15,18). The van der Waals surface area contributed by atoms with Gasteiger partial charge in [-0.25, -0.2) is 10.4 Å². The number of nitrogens with one attached hydrogen (secondary N) is 1. The molecule has 1 aliphatic rings. The number of rotatable bonds is 2. The van der Waals surface area contributed by atoms with Crippen LogP contribution in [0.2, 0.25) is 0 Å². The first kappa shape index (κ1) is 13.6. The lowest BCUT2D eigenvalue weighted by Crippen LogP contribution is -2.32. The number of hydrogen-bond acceptors (Lipinski definition) is 5. The number of anilines is 1. The molecule has 1 aliphatic heterocycles. The molecule has 1 N–H and O–H groups in total. The maximum absolute atomic E-state index is 11.2. The first-order valence-electron chi connectivity index (χ1n) is 5.92. The van der Waals surface area contributed by atoms with Crippen LogP contribution in [0.25, 0.3) is 0 Å². The summed E-state index contributed by atoms with van der Waals surface area (Å²) in [7, 11) is 4.00. The first-order chi connectivity index (χ1) is 9.06. The van der Waals surface area contributed by atoms with E-state index in [1.165, 1.54) is 11.8 Å². The second-order valence-electron chi connectivity index (χ2n) is 4.37. The van der Waals surface area contributed by atoms with Gasteiger partial charge in [0.15, 0.2) is 0 Å². The molecule has 5 nitrogen and oxygen atoms in total. The number of benzene rings is 1. The predicted molar refractivity (Wildman–Crippen MR) is 81.0 cm³/mol. The fraction of sp³-hybridized carbons (Fsp3) is 0.308. The summed E-state index contributed by atoms with van der Waals surface area (Å²) < 4.78 is 0. The van der Waals surface area contributed by atoms with Crippen LogP contribution in [0.3, 0.4) is 0 Å². The van der Waals surface area contributed by atoms with Gasteiger partial charge in [-0.05, 0) is 24.6 Å². The van der Waals surface area contributed by atoms with E-state index in [0.717, 1.165) is 11.3 Å². The molecule has 1 amide bonds. The monoisotopic (exact) mass is 276 g/mol. The Bertz CT molecular complexity index is 522. The number of aliphatic imine (C=N–C) groups is 1. The van der Waals surface area contributed by atoms with Crippen LogP contribution in [0.5, 0.6) is 0 Å². The van der Waals surface area contributed by atoms with Crippen molar-refractivity contribution in [1.82, 2.24) is 5.43 Å². The summed E-state index contributed by atoms with van der Waals surface area (Å²) in [6, 6.07) is 8.05. The Morgan fingerprint density at radius 1 is 1.37 bits per heavy atom. The first-order valence-corrected chi connectivity index (χ1v) is 6.80. The lowest BCUT2D eigenvalue weighted by Gasteiger charge is -2.14. The summed E-state index contributed by atoms with van der Waals surface area (Å²) in [4.78, 5) is 17.5. The average molecular weight is 276 g/mol. The molecule has 1 atom stereocenters. The van der Waals surface area contributed by atoms with Gasteiger partial charge in [0, 0.05) is 26.0 Å². The van der Waals surface area contributed by atoms with Crippen LogP contribution in [0.4, 0.5) is 5.69 Å². The lowest BCUT2D eigenvalue weighted by molar-refractivity contribution is -0.120. The highest BCUT2D eigenvalue weighted by molar-refractivity contribution is 8.15. The van der Waals surface area contributed by atoms with Crippen LogP contribution in [0, 0.1) is 0 Å². The molecule has 19 heavy (non-hydrogen) atoms. The molecule has 0 radical (unpaired) electrons. The van der Waals surface area contributed by atoms with E-state index in [1.807, 2.05) is 50.2 Å². The van der Waals surface area contributed by atoms with E-state index < -0.39 is 0 Å². The van der Waals surface area contributed by atoms with Crippen LogP contribution in [-0.4, -0.2) is 36.6 Å². The summed E-state index contributed by atoms with van der Waals surface area (Å²) >= 11 is 1.35. The van der Waals surface area contributed by atoms with Gasteiger partial charge in [-0.3, -0.25) is 4.79 Å². The molecule has 1 unspecified atom stereocenters. The van der Waals surface area contributed by atoms with Gasteiger partial charge in [-0.15, -0.1) is 5.10 Å². The van der Waals surface area contributed by atoms with Crippen molar-refractivity contribution >= 4 is 34.7 Å². The highest BCUT2D eigenvalue weighted by Gasteiger charge is 2.20. The molecular formula is C13H16N4OS. The van der Waals surface area contributed by atoms with Gasteiger partial charge >= 0.3 is 0 Å². The number of amidine groups is 1. The minimum Gasteiger partial charge on any atom is -0.378 e. The Labute approximate surface area is 116 Å². The second kappa shape index (κ2) is 5.88. The molecule has 2 rings (SSSR count). The summed E-state index contributed by atoms with van der Waals surface area (Å²) in [6.07, 6.45) is 1.75. The van der Waals surface area contributed by atoms with Gasteiger partial charge in [-0.1, -0.05) is 23.9 Å². The molecule has 100 valence electrons. The van der Waals surface area contributed by atoms with Crippen LogP contribution in [-0.2, 0) is 4.79 Å². The van der Waals surface area contributed by atoms with Crippen LogP contribution in [0.15, 0.2) is 34.4 Å². The molecule has 0 spiro atoms. The minimum atomic E-state index is -0.152. The third-order valence-corrected chi connectivity index (χ3v) is 3.62. The highest BCUT2D eigenvalue weighted by atomic mass is 32.2. The Morgan fingerprint density at radius 2 is 2.05 bits per heavy atom. The average Bonchev–Trinajstić information content (AvgIpc) is 2.40. The van der Waals surface area contributed by atoms with Crippen molar-refractivity contribution in [2.45, 2.75) is 12.2 Å². The smallest absolute Gasteiger partial charge is 0.253 e. The molecule has 0 saturated heterocycles. The Kier molecular flexibility index (Phi) is 4.21. The zero-order chi connectivity index (χ0) is 13.8. The van der Waals surface area contributed by atoms with Crippen LogP contribution in [0.1, 0.15) is 12.5 Å². The molecule has 0 bridgehead atoms. The quantitative estimate of drug-likeness (QED) is 0.836. The van der Waals surface area contributed by atoms with Gasteiger partial charge < -0.3 is 4.90 Å². The maximum Gasteiger partial charge on any atom is 0.253 e. The predicted octanol–water partition coefficient (Wildman–Crippen LogP) is 1.69. The van der Waals surface area contributed by atoms with E-state index in [9.17, 15) is 4.79 Å². The highest BCUT2D eigenvalue weighted by Crippen LogP contribution is 2.17. The number of carbonyl (C=O) groups is 1. The van der Waals surface area contributed by atoms with Crippen molar-refractivity contribution < 1.29 is 4.79 Å². The number of carbonyl (C=O) groups excluding carboxylic acids is 1. The van der Waals surface area contributed by atoms with Crippen molar-refractivity contribution in [3.63, 3.8) is 0 Å². The maximum atomic E-state index is 11.2. The molecule has 0 saturated carbocycles. The fourth-order valence-corrected chi connectivity index (χ4v) is 2.17. The number of amides is 1. The molecule has 0 fully saturated rings. The van der Waals surface area contributed by atoms with Gasteiger partial charge in [0.1, 0.15) is 0 Å². The van der Waals surface area contributed by atoms with Gasteiger partial charge in [-0.2, -0.15) is 0 Å². The van der Waals surface area contributed by atoms with E-state index in [0.29, 0.717) is 5.17 Å². The number of nitrogens with zero attached hydrogens (tertiary/aromatic N) is 3. The molecule has 6 heteroatoms. The third kappa shape index (κ3) is 3.57. The minimum absolute atomic E-state index is 0.0840. The summed E-state index contributed by atoms with van der Waals surface area (Å²) in [5, 5.41) is 4.32.